The zero-order chi connectivity index (χ0) is 15.8. The maximum absolute atomic E-state index is 12.2. The van der Waals surface area contributed by atoms with Crippen molar-refractivity contribution in [1.82, 2.24) is 5.32 Å². The molecule has 0 unspecified atom stereocenters. The Morgan fingerprint density at radius 2 is 1.77 bits per heavy atom. The molecule has 116 valence electrons. The van der Waals surface area contributed by atoms with Gasteiger partial charge in [-0.2, -0.15) is 0 Å². The highest BCUT2D eigenvalue weighted by molar-refractivity contribution is 5.76. The number of rotatable bonds is 7. The average Bonchev–Trinajstić information content (AvgIpc) is 2.54. The molecular weight excluding hydrogens is 274 g/mol. The van der Waals surface area contributed by atoms with E-state index in [1.807, 2.05) is 42.5 Å². The predicted octanol–water partition coefficient (Wildman–Crippen LogP) is 3.98. The van der Waals surface area contributed by atoms with Crippen LogP contribution in [0.25, 0.3) is 0 Å². The van der Waals surface area contributed by atoms with E-state index >= 15 is 0 Å². The van der Waals surface area contributed by atoms with Crippen molar-refractivity contribution in [3.05, 3.63) is 65.7 Å². The number of amides is 1. The number of hydrogen-bond donors (Lipinski definition) is 2. The fourth-order valence-corrected chi connectivity index (χ4v) is 2.53. The second kappa shape index (κ2) is 8.23. The smallest absolute Gasteiger partial charge is 0.220 e. The molecule has 2 rings (SSSR count). The van der Waals surface area contributed by atoms with Crippen molar-refractivity contribution in [3.8, 4) is 5.75 Å². The van der Waals surface area contributed by atoms with Gasteiger partial charge in [-0.15, -0.1) is 0 Å². The first-order valence-corrected chi connectivity index (χ1v) is 7.82. The van der Waals surface area contributed by atoms with Crippen molar-refractivity contribution in [1.29, 1.82) is 0 Å². The maximum atomic E-state index is 12.2. The first-order valence-electron chi connectivity index (χ1n) is 7.82. The monoisotopic (exact) mass is 297 g/mol. The van der Waals surface area contributed by atoms with Crippen LogP contribution in [0.15, 0.2) is 54.6 Å². The van der Waals surface area contributed by atoms with E-state index in [0.29, 0.717) is 12.8 Å². The topological polar surface area (TPSA) is 49.3 Å². The molecule has 0 aliphatic rings. The highest BCUT2D eigenvalue weighted by atomic mass is 16.3. The van der Waals surface area contributed by atoms with Gasteiger partial charge in [-0.05, 0) is 30.0 Å². The highest BCUT2D eigenvalue weighted by Gasteiger charge is 2.13. The summed E-state index contributed by atoms with van der Waals surface area (Å²) < 4.78 is 0. The number of hydrogen-bond acceptors (Lipinski definition) is 2. The van der Waals surface area contributed by atoms with Gasteiger partial charge in [-0.1, -0.05) is 61.9 Å². The number of phenols is 1. The third-order valence-corrected chi connectivity index (χ3v) is 3.73. The lowest BCUT2D eigenvalue weighted by Crippen LogP contribution is -2.28. The Bertz CT molecular complexity index is 595. The molecule has 22 heavy (non-hydrogen) atoms. The Hall–Kier alpha value is -2.29. The second-order valence-corrected chi connectivity index (χ2v) is 5.45. The minimum atomic E-state index is 0.0190. The molecule has 0 fully saturated rings. The number of carbonyl (C=O) groups is 1. The fourth-order valence-electron chi connectivity index (χ4n) is 2.53. The zero-order valence-electron chi connectivity index (χ0n) is 13.0. The molecule has 1 atom stereocenters. The van der Waals surface area contributed by atoms with Crippen molar-refractivity contribution in [2.75, 3.05) is 0 Å². The maximum Gasteiger partial charge on any atom is 0.220 e. The van der Waals surface area contributed by atoms with Crippen LogP contribution in [0.5, 0.6) is 5.75 Å². The van der Waals surface area contributed by atoms with Crippen LogP contribution < -0.4 is 5.32 Å². The Labute approximate surface area is 132 Å². The lowest BCUT2D eigenvalue weighted by atomic mass is 10.0. The van der Waals surface area contributed by atoms with Gasteiger partial charge in [0, 0.05) is 6.42 Å². The van der Waals surface area contributed by atoms with Crippen LogP contribution in [0.2, 0.25) is 0 Å². The molecule has 0 aliphatic carbocycles. The van der Waals surface area contributed by atoms with E-state index in [1.54, 1.807) is 12.1 Å². The van der Waals surface area contributed by atoms with Gasteiger partial charge in [0.15, 0.2) is 0 Å². The van der Waals surface area contributed by atoms with Gasteiger partial charge in [-0.3, -0.25) is 4.79 Å². The number of para-hydroxylation sites is 1. The van der Waals surface area contributed by atoms with Crippen molar-refractivity contribution >= 4 is 5.91 Å². The third-order valence-electron chi connectivity index (χ3n) is 3.73. The Balaban J connectivity index is 1.93. The fraction of sp³-hybridized carbons (Fsp3) is 0.316. The molecule has 1 amide bonds. The van der Waals surface area contributed by atoms with E-state index in [9.17, 15) is 9.90 Å². The molecule has 0 spiro atoms. The summed E-state index contributed by atoms with van der Waals surface area (Å²) in [7, 11) is 0. The van der Waals surface area contributed by atoms with Gasteiger partial charge < -0.3 is 10.4 Å². The molecule has 3 nitrogen and oxygen atoms in total. The summed E-state index contributed by atoms with van der Waals surface area (Å²) in [6.07, 6.45) is 2.86. The molecule has 0 aromatic heterocycles. The summed E-state index contributed by atoms with van der Waals surface area (Å²) in [5.74, 6) is 0.272. The summed E-state index contributed by atoms with van der Waals surface area (Å²) in [5, 5.41) is 12.8. The van der Waals surface area contributed by atoms with Gasteiger partial charge in [0.25, 0.3) is 0 Å². The lowest BCUT2D eigenvalue weighted by Gasteiger charge is -2.18. The number of aromatic hydroxyl groups is 1. The van der Waals surface area contributed by atoms with Crippen molar-refractivity contribution in [3.63, 3.8) is 0 Å². The number of benzene rings is 2. The van der Waals surface area contributed by atoms with E-state index in [1.165, 1.54) is 0 Å². The molecular formula is C19H23NO2. The van der Waals surface area contributed by atoms with Crippen LogP contribution in [0.4, 0.5) is 0 Å². The van der Waals surface area contributed by atoms with E-state index in [4.69, 9.17) is 0 Å². The number of nitrogens with one attached hydrogen (secondary N) is 1. The van der Waals surface area contributed by atoms with Crippen LogP contribution >= 0.6 is 0 Å². The normalized spacial score (nSPS) is 11.9. The summed E-state index contributed by atoms with van der Waals surface area (Å²) >= 11 is 0. The molecule has 0 aliphatic heterocycles. The quantitative estimate of drug-likeness (QED) is 0.812. The van der Waals surface area contributed by atoms with Gasteiger partial charge in [-0.25, -0.2) is 0 Å². The summed E-state index contributed by atoms with van der Waals surface area (Å²) in [6.45, 7) is 2.12. The number of phenolic OH excluding ortho intramolecular Hbond substituents is 1. The minimum absolute atomic E-state index is 0.0190. The Kier molecular flexibility index (Phi) is 6.01. The Morgan fingerprint density at radius 3 is 2.45 bits per heavy atom. The van der Waals surface area contributed by atoms with Crippen LogP contribution in [0, 0.1) is 0 Å². The van der Waals surface area contributed by atoms with Crippen molar-refractivity contribution in [2.24, 2.45) is 0 Å². The van der Waals surface area contributed by atoms with Gasteiger partial charge >= 0.3 is 0 Å². The Morgan fingerprint density at radius 1 is 1.09 bits per heavy atom. The summed E-state index contributed by atoms with van der Waals surface area (Å²) in [6, 6.07) is 17.3. The third kappa shape index (κ3) is 4.62. The van der Waals surface area contributed by atoms with E-state index < -0.39 is 0 Å². The van der Waals surface area contributed by atoms with E-state index in [2.05, 4.69) is 12.2 Å². The van der Waals surface area contributed by atoms with E-state index in [0.717, 1.165) is 24.0 Å². The van der Waals surface area contributed by atoms with Gasteiger partial charge in [0.05, 0.1) is 6.04 Å². The molecule has 0 heterocycles. The zero-order valence-corrected chi connectivity index (χ0v) is 13.0. The van der Waals surface area contributed by atoms with Gasteiger partial charge in [0.1, 0.15) is 5.75 Å². The highest BCUT2D eigenvalue weighted by Crippen LogP contribution is 2.20. The first-order chi connectivity index (χ1) is 10.7. The predicted molar refractivity (Wildman–Crippen MR) is 88.7 cm³/mol. The standard InChI is InChI=1S/C19H23NO2/c1-2-8-17(15-9-4-3-5-10-15)20-19(22)14-13-16-11-6-7-12-18(16)21/h3-7,9-12,17,21H,2,8,13-14H2,1H3,(H,20,22)/t17-/m0/s1. The largest absolute Gasteiger partial charge is 0.508 e. The lowest BCUT2D eigenvalue weighted by molar-refractivity contribution is -0.121. The minimum Gasteiger partial charge on any atom is -0.508 e. The second-order valence-electron chi connectivity index (χ2n) is 5.45. The SMILES string of the molecule is CCC[C@H](NC(=O)CCc1ccccc1O)c1ccccc1. The number of aryl methyl sites for hydroxylation is 1. The first kappa shape index (κ1) is 16.1. The van der Waals surface area contributed by atoms with Crippen LogP contribution in [-0.2, 0) is 11.2 Å². The molecule has 0 bridgehead atoms. The summed E-state index contributed by atoms with van der Waals surface area (Å²) in [5.41, 5.74) is 1.95. The average molecular weight is 297 g/mol. The van der Waals surface area contributed by atoms with Crippen LogP contribution in [0.3, 0.4) is 0 Å². The summed E-state index contributed by atoms with van der Waals surface area (Å²) in [4.78, 5) is 12.2. The van der Waals surface area contributed by atoms with Crippen molar-refractivity contribution < 1.29 is 9.90 Å². The van der Waals surface area contributed by atoms with Crippen LogP contribution in [0.1, 0.15) is 43.4 Å². The van der Waals surface area contributed by atoms with Crippen molar-refractivity contribution in [2.45, 2.75) is 38.6 Å². The molecule has 0 saturated heterocycles. The van der Waals surface area contributed by atoms with E-state index in [-0.39, 0.29) is 17.7 Å². The van der Waals surface area contributed by atoms with Crippen LogP contribution in [-0.4, -0.2) is 11.0 Å². The molecule has 2 aromatic rings. The molecule has 0 radical (unpaired) electrons. The molecule has 2 N–H and O–H groups in total. The number of carbonyl (C=O) groups excluding carboxylic acids is 1. The molecule has 2 aromatic carbocycles. The molecule has 0 saturated carbocycles. The molecule has 3 heteroatoms. The van der Waals surface area contributed by atoms with Gasteiger partial charge in [0.2, 0.25) is 5.91 Å².